The Morgan fingerprint density at radius 3 is 2.04 bits per heavy atom. The van der Waals surface area contributed by atoms with Gasteiger partial charge in [0.1, 0.15) is 0 Å². The SMILES string of the molecule is COc1cc(-c2cccn2-c2ccc(Cl)c(Cl)c2)cc(OC)c1OC. The van der Waals surface area contributed by atoms with E-state index in [0.717, 1.165) is 16.9 Å². The number of benzene rings is 2. The van der Waals surface area contributed by atoms with Crippen molar-refractivity contribution >= 4 is 23.2 Å². The predicted molar refractivity (Wildman–Crippen MR) is 101 cm³/mol. The van der Waals surface area contributed by atoms with E-state index in [1.165, 1.54) is 0 Å². The molecule has 0 aliphatic heterocycles. The molecule has 0 radical (unpaired) electrons. The van der Waals surface area contributed by atoms with E-state index < -0.39 is 0 Å². The van der Waals surface area contributed by atoms with Crippen molar-refractivity contribution in [2.24, 2.45) is 0 Å². The fourth-order valence-corrected chi connectivity index (χ4v) is 3.00. The number of aromatic nitrogens is 1. The average Bonchev–Trinajstić information content (AvgIpc) is 3.12. The highest BCUT2D eigenvalue weighted by atomic mass is 35.5. The number of hydrogen-bond donors (Lipinski definition) is 0. The molecule has 1 aromatic heterocycles. The minimum absolute atomic E-state index is 0.503. The van der Waals surface area contributed by atoms with Gasteiger partial charge < -0.3 is 18.8 Å². The van der Waals surface area contributed by atoms with Gasteiger partial charge >= 0.3 is 0 Å². The number of halogens is 2. The van der Waals surface area contributed by atoms with Crippen molar-refractivity contribution in [3.05, 3.63) is 58.7 Å². The van der Waals surface area contributed by atoms with E-state index in [2.05, 4.69) is 0 Å². The summed E-state index contributed by atoms with van der Waals surface area (Å²) in [6, 6.07) is 13.3. The normalized spacial score (nSPS) is 10.6. The lowest BCUT2D eigenvalue weighted by atomic mass is 10.1. The van der Waals surface area contributed by atoms with Crippen LogP contribution in [0.3, 0.4) is 0 Å². The third-order valence-electron chi connectivity index (χ3n) is 3.89. The molecule has 25 heavy (non-hydrogen) atoms. The fourth-order valence-electron chi connectivity index (χ4n) is 2.71. The van der Waals surface area contributed by atoms with Crippen LogP contribution >= 0.6 is 23.2 Å². The lowest BCUT2D eigenvalue weighted by Gasteiger charge is -2.16. The molecular formula is C19H17Cl2NO3. The Labute approximate surface area is 156 Å². The summed E-state index contributed by atoms with van der Waals surface area (Å²) in [5.74, 6) is 1.75. The van der Waals surface area contributed by atoms with E-state index in [4.69, 9.17) is 37.4 Å². The first-order valence-electron chi connectivity index (χ1n) is 7.52. The maximum Gasteiger partial charge on any atom is 0.203 e. The first-order valence-corrected chi connectivity index (χ1v) is 8.27. The van der Waals surface area contributed by atoms with Crippen molar-refractivity contribution in [1.29, 1.82) is 0 Å². The predicted octanol–water partition coefficient (Wildman–Crippen LogP) is 5.48. The van der Waals surface area contributed by atoms with Gasteiger partial charge in [0.15, 0.2) is 11.5 Å². The van der Waals surface area contributed by atoms with E-state index in [1.807, 2.05) is 47.2 Å². The van der Waals surface area contributed by atoms with E-state index in [9.17, 15) is 0 Å². The highest BCUT2D eigenvalue weighted by Gasteiger charge is 2.16. The molecule has 130 valence electrons. The highest BCUT2D eigenvalue weighted by Crippen LogP contribution is 2.41. The zero-order valence-electron chi connectivity index (χ0n) is 14.0. The summed E-state index contributed by atoms with van der Waals surface area (Å²) >= 11 is 12.2. The third kappa shape index (κ3) is 3.28. The van der Waals surface area contributed by atoms with Crippen molar-refractivity contribution < 1.29 is 14.2 Å². The molecule has 2 aromatic carbocycles. The van der Waals surface area contributed by atoms with Gasteiger partial charge in [0.05, 0.1) is 37.1 Å². The topological polar surface area (TPSA) is 32.6 Å². The standard InChI is InChI=1S/C19H17Cl2NO3/c1-23-17-9-12(10-18(24-2)19(17)25-3)16-5-4-8-22(16)13-6-7-14(20)15(21)11-13/h4-11H,1-3H3. The van der Waals surface area contributed by atoms with Gasteiger partial charge in [-0.25, -0.2) is 0 Å². The van der Waals surface area contributed by atoms with Crippen LogP contribution in [0.1, 0.15) is 0 Å². The molecule has 0 spiro atoms. The number of methoxy groups -OCH3 is 3. The third-order valence-corrected chi connectivity index (χ3v) is 4.63. The quantitative estimate of drug-likeness (QED) is 0.590. The molecule has 0 N–H and O–H groups in total. The van der Waals surface area contributed by atoms with Crippen LogP contribution in [0, 0.1) is 0 Å². The molecule has 0 atom stereocenters. The van der Waals surface area contributed by atoms with Crippen molar-refractivity contribution in [2.45, 2.75) is 0 Å². The Morgan fingerprint density at radius 1 is 0.800 bits per heavy atom. The largest absolute Gasteiger partial charge is 0.493 e. The van der Waals surface area contributed by atoms with Gasteiger partial charge in [0, 0.05) is 17.4 Å². The molecular weight excluding hydrogens is 361 g/mol. The number of nitrogens with zero attached hydrogens (tertiary/aromatic N) is 1. The lowest BCUT2D eigenvalue weighted by Crippen LogP contribution is -1.98. The van der Waals surface area contributed by atoms with Crippen LogP contribution in [0.4, 0.5) is 0 Å². The van der Waals surface area contributed by atoms with Crippen LogP contribution < -0.4 is 14.2 Å². The molecule has 4 nitrogen and oxygen atoms in total. The Bertz CT molecular complexity index is 880. The van der Waals surface area contributed by atoms with E-state index in [-0.39, 0.29) is 0 Å². The van der Waals surface area contributed by atoms with Crippen molar-refractivity contribution in [1.82, 2.24) is 4.57 Å². The van der Waals surface area contributed by atoms with Gasteiger partial charge in [-0.2, -0.15) is 0 Å². The molecule has 0 aliphatic carbocycles. The Hall–Kier alpha value is -2.30. The molecule has 0 fully saturated rings. The van der Waals surface area contributed by atoms with Gasteiger partial charge in [-0.15, -0.1) is 0 Å². The van der Waals surface area contributed by atoms with Gasteiger partial charge in [-0.1, -0.05) is 23.2 Å². The Kier molecular flexibility index (Phi) is 5.11. The Morgan fingerprint density at radius 2 is 1.48 bits per heavy atom. The second kappa shape index (κ2) is 7.30. The lowest BCUT2D eigenvalue weighted by molar-refractivity contribution is 0.324. The van der Waals surface area contributed by atoms with Gasteiger partial charge in [0.25, 0.3) is 0 Å². The minimum Gasteiger partial charge on any atom is -0.493 e. The number of ether oxygens (including phenoxy) is 3. The first kappa shape index (κ1) is 17.5. The molecule has 1 heterocycles. The number of rotatable bonds is 5. The average molecular weight is 378 g/mol. The smallest absolute Gasteiger partial charge is 0.203 e. The van der Waals surface area contributed by atoms with Crippen LogP contribution in [0.25, 0.3) is 16.9 Å². The summed E-state index contributed by atoms with van der Waals surface area (Å²) in [4.78, 5) is 0. The molecule has 0 amide bonds. The second-order valence-electron chi connectivity index (χ2n) is 5.28. The summed E-state index contributed by atoms with van der Waals surface area (Å²) in [6.45, 7) is 0. The molecule has 0 saturated carbocycles. The fraction of sp³-hybridized carbons (Fsp3) is 0.158. The van der Waals surface area contributed by atoms with Crippen LogP contribution in [0.5, 0.6) is 17.2 Å². The summed E-state index contributed by atoms with van der Waals surface area (Å²) in [5, 5.41) is 1.02. The van der Waals surface area contributed by atoms with E-state index in [0.29, 0.717) is 27.3 Å². The highest BCUT2D eigenvalue weighted by molar-refractivity contribution is 6.42. The molecule has 0 bridgehead atoms. The van der Waals surface area contributed by atoms with Crippen LogP contribution in [-0.2, 0) is 0 Å². The monoisotopic (exact) mass is 377 g/mol. The minimum atomic E-state index is 0.503. The number of hydrogen-bond acceptors (Lipinski definition) is 3. The van der Waals surface area contributed by atoms with E-state index in [1.54, 1.807) is 27.4 Å². The van der Waals surface area contributed by atoms with Gasteiger partial charge in [0.2, 0.25) is 5.75 Å². The summed E-state index contributed by atoms with van der Waals surface area (Å²) in [6.07, 6.45) is 1.96. The molecule has 6 heteroatoms. The maximum atomic E-state index is 6.16. The van der Waals surface area contributed by atoms with Gasteiger partial charge in [-0.3, -0.25) is 0 Å². The molecule has 0 aliphatic rings. The second-order valence-corrected chi connectivity index (χ2v) is 6.09. The molecule has 0 saturated heterocycles. The maximum absolute atomic E-state index is 6.16. The van der Waals surface area contributed by atoms with Crippen molar-refractivity contribution in [3.63, 3.8) is 0 Å². The molecule has 3 rings (SSSR count). The van der Waals surface area contributed by atoms with Crippen LogP contribution in [0.2, 0.25) is 10.0 Å². The van der Waals surface area contributed by atoms with Crippen LogP contribution in [0.15, 0.2) is 48.7 Å². The summed E-state index contributed by atoms with van der Waals surface area (Å²) in [5.41, 5.74) is 2.78. The van der Waals surface area contributed by atoms with Gasteiger partial charge in [-0.05, 0) is 42.5 Å². The zero-order valence-corrected chi connectivity index (χ0v) is 15.6. The molecule has 0 unspecified atom stereocenters. The van der Waals surface area contributed by atoms with E-state index >= 15 is 0 Å². The first-order chi connectivity index (χ1) is 12.1. The summed E-state index contributed by atoms with van der Waals surface area (Å²) in [7, 11) is 4.77. The van der Waals surface area contributed by atoms with Crippen molar-refractivity contribution in [2.75, 3.05) is 21.3 Å². The summed E-state index contributed by atoms with van der Waals surface area (Å²) < 4.78 is 18.3. The zero-order chi connectivity index (χ0) is 18.0. The van der Waals surface area contributed by atoms with Crippen molar-refractivity contribution in [3.8, 4) is 34.2 Å². The molecule has 3 aromatic rings. The Balaban J connectivity index is 2.15. The van der Waals surface area contributed by atoms with Crippen LogP contribution in [-0.4, -0.2) is 25.9 Å².